The summed E-state index contributed by atoms with van der Waals surface area (Å²) in [5.74, 6) is -0.777. The molecule has 0 unspecified atom stereocenters. The van der Waals surface area contributed by atoms with Gasteiger partial charge in [0.15, 0.2) is 0 Å². The number of esters is 2. The van der Waals surface area contributed by atoms with Gasteiger partial charge < -0.3 is 19.1 Å². The van der Waals surface area contributed by atoms with Gasteiger partial charge >= 0.3 is 11.9 Å². The Morgan fingerprint density at radius 1 is 1.32 bits per heavy atom. The van der Waals surface area contributed by atoms with Crippen molar-refractivity contribution >= 4 is 17.6 Å². The predicted molar refractivity (Wildman–Crippen MR) is 92.6 cm³/mol. The van der Waals surface area contributed by atoms with E-state index >= 15 is 0 Å². The third-order valence-corrected chi connectivity index (χ3v) is 3.61. The highest BCUT2D eigenvalue weighted by molar-refractivity contribution is 5.87. The van der Waals surface area contributed by atoms with E-state index in [0.717, 1.165) is 18.7 Å². The lowest BCUT2D eigenvalue weighted by atomic mass is 10.2. The van der Waals surface area contributed by atoms with Gasteiger partial charge in [0.05, 0.1) is 24.6 Å². The van der Waals surface area contributed by atoms with Crippen molar-refractivity contribution in [2.75, 3.05) is 31.2 Å². The van der Waals surface area contributed by atoms with Crippen molar-refractivity contribution in [3.63, 3.8) is 0 Å². The molecule has 0 aliphatic carbocycles. The van der Waals surface area contributed by atoms with Crippen LogP contribution >= 0.6 is 0 Å². The summed E-state index contributed by atoms with van der Waals surface area (Å²) in [6.07, 6.45) is 2.47. The van der Waals surface area contributed by atoms with Gasteiger partial charge in [-0.05, 0) is 46.2 Å². The molecule has 1 fully saturated rings. The number of carbonyl (C=O) groups is 2. The van der Waals surface area contributed by atoms with E-state index in [4.69, 9.17) is 14.2 Å². The first-order valence-corrected chi connectivity index (χ1v) is 8.50. The highest BCUT2D eigenvalue weighted by atomic mass is 16.6. The molecule has 0 spiro atoms. The van der Waals surface area contributed by atoms with Gasteiger partial charge in [-0.15, -0.1) is 0 Å². The molecule has 0 bridgehead atoms. The van der Waals surface area contributed by atoms with E-state index in [1.807, 2.05) is 26.8 Å². The van der Waals surface area contributed by atoms with Crippen molar-refractivity contribution in [2.24, 2.45) is 0 Å². The van der Waals surface area contributed by atoms with E-state index in [0.29, 0.717) is 13.2 Å². The van der Waals surface area contributed by atoms with Crippen LogP contribution in [0.3, 0.4) is 0 Å². The van der Waals surface area contributed by atoms with Gasteiger partial charge in [-0.25, -0.2) is 14.6 Å². The fourth-order valence-corrected chi connectivity index (χ4v) is 2.51. The average Bonchev–Trinajstić information content (AvgIpc) is 3.01. The van der Waals surface area contributed by atoms with Crippen LogP contribution in [0.1, 0.15) is 44.6 Å². The summed E-state index contributed by atoms with van der Waals surface area (Å²) in [6, 6.07) is 3.51. The van der Waals surface area contributed by atoms with Crippen LogP contribution in [0.2, 0.25) is 0 Å². The Labute approximate surface area is 148 Å². The zero-order valence-electron chi connectivity index (χ0n) is 15.3. The van der Waals surface area contributed by atoms with Gasteiger partial charge in [-0.2, -0.15) is 0 Å². The van der Waals surface area contributed by atoms with Gasteiger partial charge in [0.2, 0.25) is 0 Å². The van der Waals surface area contributed by atoms with Crippen molar-refractivity contribution in [1.29, 1.82) is 0 Å². The van der Waals surface area contributed by atoms with Crippen molar-refractivity contribution in [3.8, 4) is 0 Å². The number of nitrogens with zero attached hydrogens (tertiary/aromatic N) is 2. The topological polar surface area (TPSA) is 78.0 Å². The average molecular weight is 350 g/mol. The number of ether oxygens (including phenoxy) is 3. The second-order valence-corrected chi connectivity index (χ2v) is 6.88. The van der Waals surface area contributed by atoms with E-state index in [9.17, 15) is 9.59 Å². The Kier molecular flexibility index (Phi) is 6.36. The third-order valence-electron chi connectivity index (χ3n) is 3.61. The number of pyridine rings is 1. The zero-order valence-corrected chi connectivity index (χ0v) is 15.3. The molecule has 1 aromatic heterocycles. The summed E-state index contributed by atoms with van der Waals surface area (Å²) in [6.45, 7) is 9.04. The molecule has 0 aromatic carbocycles. The number of rotatable bonds is 6. The maximum absolute atomic E-state index is 12.0. The SMILES string of the molecule is CCOC(=O)CO[C@H]1CCN(c2ccc(C(=O)OC(C)(C)C)nc2)C1. The lowest BCUT2D eigenvalue weighted by Crippen LogP contribution is -2.26. The van der Waals surface area contributed by atoms with Gasteiger partial charge in [0.25, 0.3) is 0 Å². The molecule has 1 saturated heterocycles. The molecule has 138 valence electrons. The summed E-state index contributed by atoms with van der Waals surface area (Å²) in [7, 11) is 0. The number of hydrogen-bond acceptors (Lipinski definition) is 7. The van der Waals surface area contributed by atoms with Gasteiger partial charge in [-0.1, -0.05) is 0 Å². The Hall–Kier alpha value is -2.15. The molecule has 0 amide bonds. The van der Waals surface area contributed by atoms with Gasteiger partial charge in [-0.3, -0.25) is 0 Å². The van der Waals surface area contributed by atoms with Crippen LogP contribution in [0.25, 0.3) is 0 Å². The van der Waals surface area contributed by atoms with E-state index in [1.54, 1.807) is 19.2 Å². The lowest BCUT2D eigenvalue weighted by molar-refractivity contribution is -0.150. The van der Waals surface area contributed by atoms with E-state index < -0.39 is 11.6 Å². The minimum atomic E-state index is -0.546. The van der Waals surface area contributed by atoms with Gasteiger partial charge in [0.1, 0.15) is 17.9 Å². The van der Waals surface area contributed by atoms with Crippen LogP contribution in [0.5, 0.6) is 0 Å². The molecule has 0 radical (unpaired) electrons. The highest BCUT2D eigenvalue weighted by Crippen LogP contribution is 2.22. The van der Waals surface area contributed by atoms with Crippen LogP contribution in [0.4, 0.5) is 5.69 Å². The zero-order chi connectivity index (χ0) is 18.4. The molecule has 7 heteroatoms. The Bertz CT molecular complexity index is 594. The fourth-order valence-electron chi connectivity index (χ4n) is 2.51. The normalized spacial score (nSPS) is 17.4. The van der Waals surface area contributed by atoms with E-state index in [-0.39, 0.29) is 24.4 Å². The number of aromatic nitrogens is 1. The molecule has 0 saturated carbocycles. The Morgan fingerprint density at radius 3 is 2.68 bits per heavy atom. The largest absolute Gasteiger partial charge is 0.464 e. The number of hydrogen-bond donors (Lipinski definition) is 0. The van der Waals surface area contributed by atoms with Crippen LogP contribution in [0, 0.1) is 0 Å². The van der Waals surface area contributed by atoms with Crippen molar-refractivity contribution in [3.05, 3.63) is 24.0 Å². The fraction of sp³-hybridized carbons (Fsp3) is 0.611. The number of anilines is 1. The summed E-state index contributed by atoms with van der Waals surface area (Å²) < 4.78 is 15.7. The molecule has 1 aromatic rings. The first-order valence-electron chi connectivity index (χ1n) is 8.50. The van der Waals surface area contributed by atoms with E-state index in [1.165, 1.54) is 0 Å². The second-order valence-electron chi connectivity index (χ2n) is 6.88. The van der Waals surface area contributed by atoms with Crippen molar-refractivity contribution in [2.45, 2.75) is 45.8 Å². The first kappa shape index (κ1) is 19.2. The Morgan fingerprint density at radius 2 is 2.08 bits per heavy atom. The maximum atomic E-state index is 12.0. The molecule has 1 aliphatic rings. The van der Waals surface area contributed by atoms with Crippen LogP contribution in [0.15, 0.2) is 18.3 Å². The molecule has 2 heterocycles. The summed E-state index contributed by atoms with van der Waals surface area (Å²) in [5.41, 5.74) is 0.651. The molecule has 1 atom stereocenters. The second kappa shape index (κ2) is 8.29. The lowest BCUT2D eigenvalue weighted by Gasteiger charge is -2.20. The Balaban J connectivity index is 1.86. The monoisotopic (exact) mass is 350 g/mol. The van der Waals surface area contributed by atoms with Crippen LogP contribution in [-0.2, 0) is 19.0 Å². The molecular formula is C18H26N2O5. The van der Waals surface area contributed by atoms with Crippen LogP contribution < -0.4 is 4.90 Å². The smallest absolute Gasteiger partial charge is 0.357 e. The highest BCUT2D eigenvalue weighted by Gasteiger charge is 2.25. The molecule has 2 rings (SSSR count). The standard InChI is InChI=1S/C18H26N2O5/c1-5-23-16(21)12-24-14-8-9-20(11-14)13-6-7-15(19-10-13)17(22)25-18(2,3)4/h6-7,10,14H,5,8-9,11-12H2,1-4H3/t14-/m0/s1. The third kappa shape index (κ3) is 6.01. The van der Waals surface area contributed by atoms with Crippen LogP contribution in [-0.4, -0.2) is 54.9 Å². The van der Waals surface area contributed by atoms with E-state index in [2.05, 4.69) is 9.88 Å². The predicted octanol–water partition coefficient (Wildman–Crippen LogP) is 2.20. The summed E-state index contributed by atoms with van der Waals surface area (Å²) >= 11 is 0. The first-order chi connectivity index (χ1) is 11.8. The van der Waals surface area contributed by atoms with Gasteiger partial charge in [0, 0.05) is 13.1 Å². The molecule has 25 heavy (non-hydrogen) atoms. The summed E-state index contributed by atoms with van der Waals surface area (Å²) in [4.78, 5) is 29.6. The summed E-state index contributed by atoms with van der Waals surface area (Å²) in [5, 5.41) is 0. The molecule has 1 aliphatic heterocycles. The maximum Gasteiger partial charge on any atom is 0.357 e. The molecular weight excluding hydrogens is 324 g/mol. The minimum absolute atomic E-state index is 0.0186. The minimum Gasteiger partial charge on any atom is -0.464 e. The van der Waals surface area contributed by atoms with Crippen molar-refractivity contribution in [1.82, 2.24) is 4.98 Å². The molecule has 7 nitrogen and oxygen atoms in total. The van der Waals surface area contributed by atoms with Crippen molar-refractivity contribution < 1.29 is 23.8 Å². The quantitative estimate of drug-likeness (QED) is 0.728. The molecule has 0 N–H and O–H groups in total. The number of carbonyl (C=O) groups excluding carboxylic acids is 2.